The molecule has 0 amide bonds. The van der Waals surface area contributed by atoms with Crippen molar-refractivity contribution in [3.63, 3.8) is 0 Å². The third-order valence-electron chi connectivity index (χ3n) is 3.07. The van der Waals surface area contributed by atoms with Crippen molar-refractivity contribution < 1.29 is 9.78 Å². The second-order valence-corrected chi connectivity index (χ2v) is 5.20. The van der Waals surface area contributed by atoms with Gasteiger partial charge in [0.1, 0.15) is 5.60 Å². The molecule has 0 aliphatic rings. The van der Waals surface area contributed by atoms with Crippen LogP contribution in [0.2, 0.25) is 0 Å². The topological polar surface area (TPSA) is 18.5 Å². The molecule has 0 N–H and O–H groups in total. The maximum absolute atomic E-state index is 5.52. The highest BCUT2D eigenvalue weighted by molar-refractivity contribution is 5.20. The minimum Gasteiger partial charge on any atom is -0.236 e. The quantitative estimate of drug-likeness (QED) is 0.355. The summed E-state index contributed by atoms with van der Waals surface area (Å²) in [6.45, 7) is 6.96. The van der Waals surface area contributed by atoms with Crippen LogP contribution in [0.5, 0.6) is 0 Å². The van der Waals surface area contributed by atoms with Crippen LogP contribution in [0.1, 0.15) is 58.4 Å². The number of rotatable bonds is 9. The van der Waals surface area contributed by atoms with Crippen LogP contribution in [0.3, 0.4) is 0 Å². The minimum absolute atomic E-state index is 0.384. The predicted molar refractivity (Wildman–Crippen MR) is 75.3 cm³/mol. The summed E-state index contributed by atoms with van der Waals surface area (Å²) in [5.74, 6) is 0. The van der Waals surface area contributed by atoms with Crippen LogP contribution in [-0.2, 0) is 15.4 Å². The van der Waals surface area contributed by atoms with E-state index < -0.39 is 0 Å². The van der Waals surface area contributed by atoms with Gasteiger partial charge in [-0.05, 0) is 25.8 Å². The van der Waals surface area contributed by atoms with Gasteiger partial charge in [0.2, 0.25) is 0 Å². The van der Waals surface area contributed by atoms with E-state index in [9.17, 15) is 0 Å². The predicted octanol–water partition coefficient (Wildman–Crippen LogP) is 4.84. The Labute approximate surface area is 111 Å². The molecule has 0 heterocycles. The molecule has 0 radical (unpaired) electrons. The molecule has 1 rings (SSSR count). The van der Waals surface area contributed by atoms with Gasteiger partial charge in [-0.25, -0.2) is 9.78 Å². The molecule has 1 aromatic rings. The van der Waals surface area contributed by atoms with E-state index in [4.69, 9.17) is 9.78 Å². The average molecular weight is 250 g/mol. The standard InChI is InChI=1S/C16H26O2/c1-4-5-6-7-11-14-17-18-16(2,3)15-12-9-8-10-13-15/h8-10,12-13H,4-7,11,14H2,1-3H3. The largest absolute Gasteiger partial charge is 0.236 e. The van der Waals surface area contributed by atoms with Crippen molar-refractivity contribution in [1.29, 1.82) is 0 Å². The monoisotopic (exact) mass is 250 g/mol. The van der Waals surface area contributed by atoms with Crippen LogP contribution >= 0.6 is 0 Å². The third kappa shape index (κ3) is 5.65. The van der Waals surface area contributed by atoms with E-state index in [2.05, 4.69) is 19.1 Å². The van der Waals surface area contributed by atoms with Crippen molar-refractivity contribution in [3.05, 3.63) is 35.9 Å². The second kappa shape index (κ2) is 8.28. The molecule has 1 aromatic carbocycles. The molecule has 0 saturated carbocycles. The van der Waals surface area contributed by atoms with Gasteiger partial charge in [-0.15, -0.1) is 0 Å². The Balaban J connectivity index is 2.18. The van der Waals surface area contributed by atoms with E-state index in [1.54, 1.807) is 0 Å². The Kier molecular flexibility index (Phi) is 6.99. The van der Waals surface area contributed by atoms with E-state index in [0.29, 0.717) is 6.61 Å². The van der Waals surface area contributed by atoms with Crippen molar-refractivity contribution in [2.45, 2.75) is 58.5 Å². The summed E-state index contributed by atoms with van der Waals surface area (Å²) in [5.41, 5.74) is 0.751. The number of unbranched alkanes of at least 4 members (excludes halogenated alkanes) is 4. The first kappa shape index (κ1) is 15.2. The first-order chi connectivity index (χ1) is 8.67. The summed E-state index contributed by atoms with van der Waals surface area (Å²) in [5, 5.41) is 0. The fourth-order valence-electron chi connectivity index (χ4n) is 1.84. The molecule has 0 saturated heterocycles. The molecule has 2 heteroatoms. The summed E-state index contributed by atoms with van der Waals surface area (Å²) >= 11 is 0. The first-order valence-electron chi connectivity index (χ1n) is 7.03. The molecule has 102 valence electrons. The molecular formula is C16H26O2. The van der Waals surface area contributed by atoms with Gasteiger partial charge in [0.05, 0.1) is 6.61 Å². The van der Waals surface area contributed by atoms with Crippen molar-refractivity contribution in [1.82, 2.24) is 0 Å². The van der Waals surface area contributed by atoms with E-state index in [-0.39, 0.29) is 5.60 Å². The SMILES string of the molecule is CCCCCCCOOC(C)(C)c1ccccc1. The van der Waals surface area contributed by atoms with Crippen LogP contribution in [0.25, 0.3) is 0 Å². The second-order valence-electron chi connectivity index (χ2n) is 5.20. The summed E-state index contributed by atoms with van der Waals surface area (Å²) in [7, 11) is 0. The molecule has 0 unspecified atom stereocenters. The summed E-state index contributed by atoms with van der Waals surface area (Å²) in [4.78, 5) is 10.9. The molecule has 0 bridgehead atoms. The molecule has 18 heavy (non-hydrogen) atoms. The van der Waals surface area contributed by atoms with Gasteiger partial charge < -0.3 is 0 Å². The number of hydrogen-bond acceptors (Lipinski definition) is 2. The number of hydrogen-bond donors (Lipinski definition) is 0. The van der Waals surface area contributed by atoms with Gasteiger partial charge in [-0.2, -0.15) is 0 Å². The van der Waals surface area contributed by atoms with Gasteiger partial charge >= 0.3 is 0 Å². The Morgan fingerprint density at radius 3 is 2.28 bits per heavy atom. The minimum atomic E-state index is -0.384. The molecule has 0 fully saturated rings. The van der Waals surface area contributed by atoms with E-state index in [1.807, 2.05) is 32.0 Å². The maximum Gasteiger partial charge on any atom is 0.123 e. The molecule has 0 aliphatic heterocycles. The average Bonchev–Trinajstić information content (AvgIpc) is 2.39. The first-order valence-corrected chi connectivity index (χ1v) is 7.03. The lowest BCUT2D eigenvalue weighted by molar-refractivity contribution is -0.358. The molecule has 0 spiro atoms. The van der Waals surface area contributed by atoms with Gasteiger partial charge in [-0.1, -0.05) is 62.9 Å². The Morgan fingerprint density at radius 1 is 0.944 bits per heavy atom. The van der Waals surface area contributed by atoms with Gasteiger partial charge in [-0.3, -0.25) is 0 Å². The van der Waals surface area contributed by atoms with Crippen molar-refractivity contribution >= 4 is 0 Å². The Bertz CT molecular complexity index is 306. The smallest absolute Gasteiger partial charge is 0.123 e. The highest BCUT2D eigenvalue weighted by Gasteiger charge is 2.22. The number of benzene rings is 1. The zero-order valence-electron chi connectivity index (χ0n) is 11.9. The highest BCUT2D eigenvalue weighted by Crippen LogP contribution is 2.24. The molecule has 0 aliphatic carbocycles. The van der Waals surface area contributed by atoms with Gasteiger partial charge in [0, 0.05) is 0 Å². The Morgan fingerprint density at radius 2 is 1.61 bits per heavy atom. The van der Waals surface area contributed by atoms with Crippen molar-refractivity contribution in [2.75, 3.05) is 6.61 Å². The zero-order valence-corrected chi connectivity index (χ0v) is 11.9. The zero-order chi connectivity index (χ0) is 13.3. The fourth-order valence-corrected chi connectivity index (χ4v) is 1.84. The molecule has 2 nitrogen and oxygen atoms in total. The summed E-state index contributed by atoms with van der Waals surface area (Å²) < 4.78 is 0. The van der Waals surface area contributed by atoms with E-state index in [1.165, 1.54) is 25.7 Å². The van der Waals surface area contributed by atoms with Crippen LogP contribution in [0, 0.1) is 0 Å². The van der Waals surface area contributed by atoms with E-state index in [0.717, 1.165) is 12.0 Å². The summed E-state index contributed by atoms with van der Waals surface area (Å²) in [6.07, 6.45) is 6.19. The normalized spacial score (nSPS) is 11.7. The van der Waals surface area contributed by atoms with Crippen molar-refractivity contribution in [3.8, 4) is 0 Å². The lowest BCUT2D eigenvalue weighted by Crippen LogP contribution is -2.22. The summed E-state index contributed by atoms with van der Waals surface area (Å²) in [6, 6.07) is 10.2. The van der Waals surface area contributed by atoms with E-state index >= 15 is 0 Å². The Hall–Kier alpha value is -0.860. The van der Waals surface area contributed by atoms with Crippen LogP contribution < -0.4 is 0 Å². The lowest BCUT2D eigenvalue weighted by atomic mass is 9.99. The fraction of sp³-hybridized carbons (Fsp3) is 0.625. The van der Waals surface area contributed by atoms with Crippen LogP contribution in [0.15, 0.2) is 30.3 Å². The molecule has 0 atom stereocenters. The van der Waals surface area contributed by atoms with Gasteiger partial charge in [0.15, 0.2) is 0 Å². The maximum atomic E-state index is 5.52. The molecular weight excluding hydrogens is 224 g/mol. The van der Waals surface area contributed by atoms with Gasteiger partial charge in [0.25, 0.3) is 0 Å². The molecule has 0 aromatic heterocycles. The highest BCUT2D eigenvalue weighted by atomic mass is 17.2. The lowest BCUT2D eigenvalue weighted by Gasteiger charge is -2.24. The van der Waals surface area contributed by atoms with Crippen molar-refractivity contribution in [2.24, 2.45) is 0 Å². The van der Waals surface area contributed by atoms with Crippen LogP contribution in [0.4, 0.5) is 0 Å². The van der Waals surface area contributed by atoms with Crippen LogP contribution in [-0.4, -0.2) is 6.61 Å². The third-order valence-corrected chi connectivity index (χ3v) is 3.07.